The van der Waals surface area contributed by atoms with Crippen LogP contribution in [-0.2, 0) is 4.79 Å². The Morgan fingerprint density at radius 1 is 1.13 bits per heavy atom. The maximum atomic E-state index is 14.4. The number of carbonyl (C=O) groups is 2. The van der Waals surface area contributed by atoms with E-state index in [1.165, 1.54) is 36.6 Å². The van der Waals surface area contributed by atoms with E-state index in [9.17, 15) is 14.0 Å². The molecule has 0 aliphatic rings. The zero-order chi connectivity index (χ0) is 21.7. The number of nitrogens with one attached hydrogen (secondary N) is 2. The van der Waals surface area contributed by atoms with Gasteiger partial charge >= 0.3 is 0 Å². The van der Waals surface area contributed by atoms with Gasteiger partial charge in [-0.25, -0.2) is 14.1 Å². The second-order valence-electron chi connectivity index (χ2n) is 6.92. The van der Waals surface area contributed by atoms with Crippen molar-refractivity contribution in [2.75, 3.05) is 12.4 Å². The number of hydrogen-bond donors (Lipinski definition) is 2. The Morgan fingerprint density at radius 2 is 1.87 bits per heavy atom. The molecule has 9 heteroatoms. The fourth-order valence-corrected chi connectivity index (χ4v) is 2.83. The van der Waals surface area contributed by atoms with E-state index in [-0.39, 0.29) is 23.2 Å². The first-order chi connectivity index (χ1) is 14.4. The highest BCUT2D eigenvalue weighted by Gasteiger charge is 2.25. The minimum atomic E-state index is -0.808. The number of carbonyl (C=O) groups excluding carboxylic acids is 2. The minimum absolute atomic E-state index is 0.188. The molecule has 2 N–H and O–H groups in total. The van der Waals surface area contributed by atoms with E-state index in [1.54, 1.807) is 30.3 Å². The first-order valence-corrected chi connectivity index (χ1v) is 9.29. The van der Waals surface area contributed by atoms with Crippen molar-refractivity contribution in [3.8, 4) is 11.4 Å². The van der Waals surface area contributed by atoms with Gasteiger partial charge in [0, 0.05) is 11.3 Å². The van der Waals surface area contributed by atoms with Crippen LogP contribution in [0.15, 0.2) is 55.1 Å². The molecule has 3 aromatic rings. The van der Waals surface area contributed by atoms with E-state index in [2.05, 4.69) is 20.7 Å². The van der Waals surface area contributed by atoms with Crippen LogP contribution < -0.4 is 15.4 Å². The maximum absolute atomic E-state index is 14.4. The van der Waals surface area contributed by atoms with Crippen molar-refractivity contribution in [1.82, 2.24) is 20.1 Å². The molecular formula is C21H22FN5O3. The SMILES string of the molecule is COc1ccc(C(=O)NC(C(=O)Nc2ccc(-n3cncn3)c(F)c2)C(C)C)cc1. The molecule has 1 atom stereocenters. The summed E-state index contributed by atoms with van der Waals surface area (Å²) in [6.07, 6.45) is 2.67. The van der Waals surface area contributed by atoms with Crippen LogP contribution in [0.5, 0.6) is 5.75 Å². The fourth-order valence-electron chi connectivity index (χ4n) is 2.83. The second kappa shape index (κ2) is 9.17. The van der Waals surface area contributed by atoms with Gasteiger partial charge < -0.3 is 15.4 Å². The lowest BCUT2D eigenvalue weighted by molar-refractivity contribution is -0.118. The van der Waals surface area contributed by atoms with Gasteiger partial charge in [0.1, 0.15) is 30.1 Å². The van der Waals surface area contributed by atoms with Gasteiger partial charge in [0.05, 0.1) is 7.11 Å². The van der Waals surface area contributed by atoms with Crippen molar-refractivity contribution in [3.63, 3.8) is 0 Å². The lowest BCUT2D eigenvalue weighted by Gasteiger charge is -2.22. The van der Waals surface area contributed by atoms with Crippen LogP contribution in [0.2, 0.25) is 0 Å². The summed E-state index contributed by atoms with van der Waals surface area (Å²) in [5.41, 5.74) is 0.877. The van der Waals surface area contributed by atoms with Crippen molar-refractivity contribution in [1.29, 1.82) is 0 Å². The highest BCUT2D eigenvalue weighted by molar-refractivity contribution is 6.01. The molecule has 0 aliphatic carbocycles. The molecule has 156 valence electrons. The molecular weight excluding hydrogens is 389 g/mol. The molecule has 8 nitrogen and oxygen atoms in total. The highest BCUT2D eigenvalue weighted by atomic mass is 19.1. The van der Waals surface area contributed by atoms with Crippen LogP contribution in [0.3, 0.4) is 0 Å². The summed E-state index contributed by atoms with van der Waals surface area (Å²) >= 11 is 0. The molecule has 1 heterocycles. The van der Waals surface area contributed by atoms with Gasteiger partial charge in [0.2, 0.25) is 5.91 Å². The number of methoxy groups -OCH3 is 1. The molecule has 0 bridgehead atoms. The van der Waals surface area contributed by atoms with Gasteiger partial charge in [0.25, 0.3) is 5.91 Å². The topological polar surface area (TPSA) is 98.1 Å². The van der Waals surface area contributed by atoms with Crippen LogP contribution in [0.25, 0.3) is 5.69 Å². The van der Waals surface area contributed by atoms with Crippen LogP contribution in [0, 0.1) is 11.7 Å². The number of hydrogen-bond acceptors (Lipinski definition) is 5. The Hall–Kier alpha value is -3.75. The molecule has 0 radical (unpaired) electrons. The molecule has 1 aromatic heterocycles. The third kappa shape index (κ3) is 4.80. The normalized spacial score (nSPS) is 11.8. The first-order valence-electron chi connectivity index (χ1n) is 9.29. The maximum Gasteiger partial charge on any atom is 0.251 e. The minimum Gasteiger partial charge on any atom is -0.497 e. The van der Waals surface area contributed by atoms with Gasteiger partial charge in [-0.1, -0.05) is 13.8 Å². The van der Waals surface area contributed by atoms with E-state index in [4.69, 9.17) is 4.74 Å². The summed E-state index contributed by atoms with van der Waals surface area (Å²) < 4.78 is 20.8. The van der Waals surface area contributed by atoms with E-state index >= 15 is 0 Å². The molecule has 0 spiro atoms. The summed E-state index contributed by atoms with van der Waals surface area (Å²) in [4.78, 5) is 29.1. The van der Waals surface area contributed by atoms with Crippen molar-refractivity contribution < 1.29 is 18.7 Å². The van der Waals surface area contributed by atoms with Crippen LogP contribution in [0.4, 0.5) is 10.1 Å². The average molecular weight is 411 g/mol. The van der Waals surface area contributed by atoms with E-state index in [1.807, 2.05) is 13.8 Å². The Balaban J connectivity index is 1.70. The predicted octanol–water partition coefficient (Wildman–Crippen LogP) is 2.81. The fraction of sp³-hybridized carbons (Fsp3) is 0.238. The zero-order valence-electron chi connectivity index (χ0n) is 16.8. The van der Waals surface area contributed by atoms with Gasteiger partial charge in [-0.3, -0.25) is 9.59 Å². The molecule has 0 saturated carbocycles. The van der Waals surface area contributed by atoms with Crippen molar-refractivity contribution in [2.24, 2.45) is 5.92 Å². The average Bonchev–Trinajstić information content (AvgIpc) is 3.26. The van der Waals surface area contributed by atoms with E-state index < -0.39 is 17.8 Å². The third-order valence-electron chi connectivity index (χ3n) is 4.47. The van der Waals surface area contributed by atoms with Gasteiger partial charge in [-0.15, -0.1) is 0 Å². The molecule has 30 heavy (non-hydrogen) atoms. The van der Waals surface area contributed by atoms with Crippen LogP contribution in [-0.4, -0.2) is 39.7 Å². The van der Waals surface area contributed by atoms with Crippen LogP contribution in [0.1, 0.15) is 24.2 Å². The number of ether oxygens (including phenoxy) is 1. The van der Waals surface area contributed by atoms with Gasteiger partial charge in [0.15, 0.2) is 5.82 Å². The summed E-state index contributed by atoms with van der Waals surface area (Å²) in [5, 5.41) is 9.27. The lowest BCUT2D eigenvalue weighted by atomic mass is 10.0. The number of amides is 2. The van der Waals surface area contributed by atoms with Crippen molar-refractivity contribution >= 4 is 17.5 Å². The number of nitrogens with zero attached hydrogens (tertiary/aromatic N) is 3. The monoisotopic (exact) mass is 411 g/mol. The van der Waals surface area contributed by atoms with Crippen molar-refractivity contribution in [3.05, 3.63) is 66.5 Å². The summed E-state index contributed by atoms with van der Waals surface area (Å²) in [6.45, 7) is 3.62. The summed E-state index contributed by atoms with van der Waals surface area (Å²) in [7, 11) is 1.54. The van der Waals surface area contributed by atoms with Crippen LogP contribution >= 0.6 is 0 Å². The Morgan fingerprint density at radius 3 is 2.43 bits per heavy atom. The van der Waals surface area contributed by atoms with E-state index in [0.717, 1.165) is 0 Å². The zero-order valence-corrected chi connectivity index (χ0v) is 16.8. The first kappa shape index (κ1) is 21.0. The molecule has 0 fully saturated rings. The molecule has 3 rings (SSSR count). The molecule has 0 saturated heterocycles. The van der Waals surface area contributed by atoms with Gasteiger partial charge in [-0.05, 0) is 48.4 Å². The molecule has 2 aromatic carbocycles. The third-order valence-corrected chi connectivity index (χ3v) is 4.47. The molecule has 1 unspecified atom stereocenters. The Bertz CT molecular complexity index is 1020. The number of benzene rings is 2. The quantitative estimate of drug-likeness (QED) is 0.623. The smallest absolute Gasteiger partial charge is 0.251 e. The summed E-state index contributed by atoms with van der Waals surface area (Å²) in [6, 6.07) is 9.98. The highest BCUT2D eigenvalue weighted by Crippen LogP contribution is 2.18. The summed E-state index contributed by atoms with van der Waals surface area (Å²) in [5.74, 6) is -0.965. The van der Waals surface area contributed by atoms with Crippen molar-refractivity contribution in [2.45, 2.75) is 19.9 Å². The molecule has 2 amide bonds. The Labute approximate surface area is 173 Å². The lowest BCUT2D eigenvalue weighted by Crippen LogP contribution is -2.47. The van der Waals surface area contributed by atoms with E-state index in [0.29, 0.717) is 11.3 Å². The van der Waals surface area contributed by atoms with Gasteiger partial charge in [-0.2, -0.15) is 5.10 Å². The standard InChI is InChI=1S/C21H22FN5O3/c1-13(2)19(26-20(28)14-4-7-16(30-3)8-5-14)21(29)25-15-6-9-18(17(22)10-15)27-12-23-11-24-27/h4-13,19H,1-3H3,(H,25,29)(H,26,28). The predicted molar refractivity (Wildman–Crippen MR) is 109 cm³/mol. The molecule has 0 aliphatic heterocycles. The number of halogens is 1. The Kier molecular flexibility index (Phi) is 6.41. The second-order valence-corrected chi connectivity index (χ2v) is 6.92. The number of anilines is 1. The number of aromatic nitrogens is 3. The number of rotatable bonds is 7. The largest absolute Gasteiger partial charge is 0.497 e.